The van der Waals surface area contributed by atoms with E-state index in [0.29, 0.717) is 11.4 Å². The number of aromatic nitrogens is 1. The van der Waals surface area contributed by atoms with Crippen molar-refractivity contribution >= 4 is 43.2 Å². The van der Waals surface area contributed by atoms with Crippen LogP contribution >= 0.6 is 22.9 Å². The lowest BCUT2D eigenvalue weighted by atomic mass is 10.3. The van der Waals surface area contributed by atoms with Gasteiger partial charge in [-0.2, -0.15) is 0 Å². The number of nitrogens with two attached hydrogens (primary N) is 1. The van der Waals surface area contributed by atoms with Gasteiger partial charge >= 0.3 is 0 Å². The molecule has 0 amide bonds. The Morgan fingerprint density at radius 1 is 1.50 bits per heavy atom. The van der Waals surface area contributed by atoms with Crippen LogP contribution in [-0.4, -0.2) is 19.2 Å². The van der Waals surface area contributed by atoms with Gasteiger partial charge in [0.2, 0.25) is 10.0 Å². The maximum Gasteiger partial charge on any atom is 0.209 e. The molecule has 2 N–H and O–H groups in total. The summed E-state index contributed by atoms with van der Waals surface area (Å²) in [6.45, 7) is 0. The summed E-state index contributed by atoms with van der Waals surface area (Å²) in [6.07, 6.45) is 2.02. The number of pyridine rings is 1. The van der Waals surface area contributed by atoms with Gasteiger partial charge < -0.3 is 0 Å². The highest BCUT2D eigenvalue weighted by molar-refractivity contribution is 7.89. The molecule has 2 heterocycles. The van der Waals surface area contributed by atoms with E-state index in [1.165, 1.54) is 11.3 Å². The van der Waals surface area contributed by atoms with Crippen molar-refractivity contribution in [1.29, 1.82) is 0 Å². The van der Waals surface area contributed by atoms with Gasteiger partial charge in [-0.25, -0.2) is 13.6 Å². The number of hydrogen-bond acceptors (Lipinski definition) is 4. The first-order valence-corrected chi connectivity index (χ1v) is 7.40. The summed E-state index contributed by atoms with van der Waals surface area (Å²) in [5.41, 5.74) is 0.793. The Balaban J connectivity index is 2.30. The predicted molar refractivity (Wildman–Crippen MR) is 66.3 cm³/mol. The number of primary sulfonamides is 1. The van der Waals surface area contributed by atoms with E-state index < -0.39 is 10.0 Å². The van der Waals surface area contributed by atoms with E-state index >= 15 is 0 Å². The van der Waals surface area contributed by atoms with Crippen molar-refractivity contribution in [1.82, 2.24) is 4.98 Å². The van der Waals surface area contributed by atoms with E-state index in [-0.39, 0.29) is 5.75 Å². The lowest BCUT2D eigenvalue weighted by Crippen LogP contribution is -2.17. The lowest BCUT2D eigenvalue weighted by molar-refractivity contribution is 0.597. The zero-order chi connectivity index (χ0) is 11.8. The number of sulfonamides is 1. The first kappa shape index (κ1) is 11.8. The molecule has 0 bridgehead atoms. The van der Waals surface area contributed by atoms with Crippen LogP contribution in [0.15, 0.2) is 18.3 Å². The summed E-state index contributed by atoms with van der Waals surface area (Å²) in [4.78, 5) is 5.07. The van der Waals surface area contributed by atoms with Gasteiger partial charge in [-0.05, 0) is 18.6 Å². The highest BCUT2D eigenvalue weighted by atomic mass is 35.5. The zero-order valence-electron chi connectivity index (χ0n) is 8.18. The van der Waals surface area contributed by atoms with Gasteiger partial charge in [-0.3, -0.25) is 4.98 Å². The van der Waals surface area contributed by atoms with Crippen LogP contribution in [0, 0.1) is 0 Å². The number of thiophene rings is 1. The summed E-state index contributed by atoms with van der Waals surface area (Å²) in [6, 6.07) is 3.56. The number of nitrogens with zero attached hydrogens (tertiary/aromatic N) is 1. The Kier molecular flexibility index (Phi) is 3.16. The van der Waals surface area contributed by atoms with E-state index in [1.807, 2.05) is 6.07 Å². The fourth-order valence-electron chi connectivity index (χ4n) is 1.32. The van der Waals surface area contributed by atoms with Crippen molar-refractivity contribution in [3.63, 3.8) is 0 Å². The van der Waals surface area contributed by atoms with Gasteiger partial charge in [0.05, 0.1) is 21.0 Å². The molecule has 0 aromatic carbocycles. The normalized spacial score (nSPS) is 12.1. The predicted octanol–water partition coefficient (Wildman–Crippen LogP) is 1.78. The Morgan fingerprint density at radius 2 is 2.25 bits per heavy atom. The quantitative estimate of drug-likeness (QED) is 0.929. The Hall–Kier alpha value is -0.690. The van der Waals surface area contributed by atoms with Crippen molar-refractivity contribution in [3.05, 3.63) is 28.2 Å². The van der Waals surface area contributed by atoms with Crippen molar-refractivity contribution in [2.75, 3.05) is 5.75 Å². The van der Waals surface area contributed by atoms with Crippen LogP contribution in [0.25, 0.3) is 10.2 Å². The standard InChI is InChI=1S/C9H9ClN2O2S2/c10-7-1-3-12-8-5-6(15-9(7)8)2-4-16(11,13)14/h1,3,5H,2,4H2,(H2,11,13,14). The maximum absolute atomic E-state index is 10.8. The van der Waals surface area contributed by atoms with Crippen LogP contribution in [0.5, 0.6) is 0 Å². The molecule has 4 nitrogen and oxygen atoms in total. The first-order valence-electron chi connectivity index (χ1n) is 4.49. The molecule has 0 saturated heterocycles. The van der Waals surface area contributed by atoms with E-state index in [2.05, 4.69) is 4.98 Å². The fourth-order valence-corrected chi connectivity index (χ4v) is 3.24. The summed E-state index contributed by atoms with van der Waals surface area (Å²) in [5.74, 6) is -0.0581. The minimum Gasteiger partial charge on any atom is -0.255 e. The second kappa shape index (κ2) is 4.29. The topological polar surface area (TPSA) is 73.1 Å². The third-order valence-electron chi connectivity index (χ3n) is 2.05. The van der Waals surface area contributed by atoms with Crippen molar-refractivity contribution < 1.29 is 8.42 Å². The number of aryl methyl sites for hydroxylation is 1. The van der Waals surface area contributed by atoms with Crippen molar-refractivity contribution in [2.45, 2.75) is 6.42 Å². The molecule has 86 valence electrons. The van der Waals surface area contributed by atoms with Crippen molar-refractivity contribution in [2.24, 2.45) is 5.14 Å². The zero-order valence-corrected chi connectivity index (χ0v) is 10.6. The molecule has 0 saturated carbocycles. The van der Waals surface area contributed by atoms with Crippen LogP contribution in [0.2, 0.25) is 5.02 Å². The molecule has 0 unspecified atom stereocenters. The molecule has 16 heavy (non-hydrogen) atoms. The second-order valence-electron chi connectivity index (χ2n) is 3.34. The molecule has 2 aromatic heterocycles. The molecule has 0 aliphatic rings. The largest absolute Gasteiger partial charge is 0.255 e. The molecule has 0 spiro atoms. The number of halogens is 1. The Morgan fingerprint density at radius 3 is 2.88 bits per heavy atom. The smallest absolute Gasteiger partial charge is 0.209 e. The van der Waals surface area contributed by atoms with Crippen molar-refractivity contribution in [3.8, 4) is 0 Å². The van der Waals surface area contributed by atoms with Crippen LogP contribution in [0.3, 0.4) is 0 Å². The minimum absolute atomic E-state index is 0.0581. The minimum atomic E-state index is -3.42. The SMILES string of the molecule is NS(=O)(=O)CCc1cc2nccc(Cl)c2s1. The molecule has 0 radical (unpaired) electrons. The van der Waals surface area contributed by atoms with Gasteiger partial charge in [0.25, 0.3) is 0 Å². The van der Waals surface area contributed by atoms with E-state index in [4.69, 9.17) is 16.7 Å². The first-order chi connectivity index (χ1) is 7.46. The van der Waals surface area contributed by atoms with Gasteiger partial charge in [0.1, 0.15) is 0 Å². The highest BCUT2D eigenvalue weighted by Crippen LogP contribution is 2.30. The highest BCUT2D eigenvalue weighted by Gasteiger charge is 2.09. The molecule has 0 aliphatic carbocycles. The summed E-state index contributed by atoms with van der Waals surface area (Å²) in [7, 11) is -3.42. The number of rotatable bonds is 3. The molecule has 0 aliphatic heterocycles. The fraction of sp³-hybridized carbons (Fsp3) is 0.222. The van der Waals surface area contributed by atoms with Crippen LogP contribution in [0.4, 0.5) is 0 Å². The number of hydrogen-bond donors (Lipinski definition) is 1. The molecule has 2 rings (SSSR count). The van der Waals surface area contributed by atoms with Gasteiger partial charge in [0.15, 0.2) is 0 Å². The van der Waals surface area contributed by atoms with Gasteiger partial charge in [-0.15, -0.1) is 11.3 Å². The molecule has 0 atom stereocenters. The van der Waals surface area contributed by atoms with E-state index in [0.717, 1.165) is 15.1 Å². The van der Waals surface area contributed by atoms with Crippen LogP contribution < -0.4 is 5.14 Å². The lowest BCUT2D eigenvalue weighted by Gasteiger charge is -1.94. The van der Waals surface area contributed by atoms with Gasteiger partial charge in [-0.1, -0.05) is 11.6 Å². The van der Waals surface area contributed by atoms with Crippen LogP contribution in [0.1, 0.15) is 4.88 Å². The molecular formula is C9H9ClN2O2S2. The van der Waals surface area contributed by atoms with Crippen LogP contribution in [-0.2, 0) is 16.4 Å². The average molecular weight is 277 g/mol. The van der Waals surface area contributed by atoms with Gasteiger partial charge in [0, 0.05) is 11.1 Å². The maximum atomic E-state index is 10.8. The summed E-state index contributed by atoms with van der Waals surface area (Å²) < 4.78 is 22.5. The third kappa shape index (κ3) is 2.70. The molecular weight excluding hydrogens is 268 g/mol. The molecule has 7 heteroatoms. The Labute approximate surface area is 102 Å². The molecule has 2 aromatic rings. The van der Waals surface area contributed by atoms with E-state index in [9.17, 15) is 8.42 Å². The summed E-state index contributed by atoms with van der Waals surface area (Å²) >= 11 is 7.44. The Bertz CT molecular complexity index is 621. The number of fused-ring (bicyclic) bond motifs is 1. The second-order valence-corrected chi connectivity index (χ2v) is 6.61. The third-order valence-corrected chi connectivity index (χ3v) is 4.47. The molecule has 0 fully saturated rings. The summed E-state index contributed by atoms with van der Waals surface area (Å²) in [5, 5.41) is 5.58. The van der Waals surface area contributed by atoms with E-state index in [1.54, 1.807) is 12.3 Å². The monoisotopic (exact) mass is 276 g/mol. The average Bonchev–Trinajstić information content (AvgIpc) is 2.58.